The molecule has 0 radical (unpaired) electrons. The first-order chi connectivity index (χ1) is 21.2. The van der Waals surface area contributed by atoms with Gasteiger partial charge in [-0.15, -0.1) is 0 Å². The number of nitrogen functional groups attached to an aromatic ring is 3. The Balaban J connectivity index is 1.30. The summed E-state index contributed by atoms with van der Waals surface area (Å²) in [4.78, 5) is 30.4. The number of nitrogens with zero attached hydrogens (tertiary/aromatic N) is 6. The summed E-state index contributed by atoms with van der Waals surface area (Å²) in [6.45, 7) is -10.1. The summed E-state index contributed by atoms with van der Waals surface area (Å²) in [5.41, 5.74) is 16.4. The van der Waals surface area contributed by atoms with Crippen molar-refractivity contribution in [3.63, 3.8) is 0 Å². The highest BCUT2D eigenvalue weighted by Crippen LogP contribution is 2.59. The molecule has 246 valence electrons. The molecule has 0 amide bonds. The van der Waals surface area contributed by atoms with Crippen molar-refractivity contribution in [1.82, 2.24) is 29.5 Å². The third kappa shape index (κ3) is 6.14. The Morgan fingerprint density at radius 1 is 0.978 bits per heavy atom. The number of anilines is 4. The van der Waals surface area contributed by atoms with Gasteiger partial charge >= 0.3 is 13.6 Å². The molecule has 3 aliphatic heterocycles. The molecular weight excluding hydrogens is 684 g/mol. The molecule has 45 heavy (non-hydrogen) atoms. The molecular formula is C19H27N11O11P2S2. The zero-order valence-corrected chi connectivity index (χ0v) is 26.1. The van der Waals surface area contributed by atoms with Gasteiger partial charge in [0.1, 0.15) is 48.6 Å². The van der Waals surface area contributed by atoms with E-state index >= 15 is 0 Å². The first-order valence-corrected chi connectivity index (χ1v) is 18.2. The monoisotopic (exact) mass is 711 g/mol. The molecule has 10 atom stereocenters. The molecule has 26 heteroatoms. The molecule has 6 heterocycles. The van der Waals surface area contributed by atoms with Gasteiger partial charge in [0.05, 0.1) is 19.5 Å². The van der Waals surface area contributed by atoms with Crippen LogP contribution >= 0.6 is 38.1 Å². The van der Waals surface area contributed by atoms with Gasteiger partial charge in [0.15, 0.2) is 35.3 Å². The predicted molar refractivity (Wildman–Crippen MR) is 160 cm³/mol. The van der Waals surface area contributed by atoms with Crippen molar-refractivity contribution in [2.45, 2.75) is 49.1 Å². The van der Waals surface area contributed by atoms with Gasteiger partial charge in [-0.25, -0.2) is 29.9 Å². The number of nitrogens with one attached hydrogen (secondary N) is 1. The van der Waals surface area contributed by atoms with Crippen molar-refractivity contribution in [3.8, 4) is 0 Å². The van der Waals surface area contributed by atoms with Gasteiger partial charge in [-0.05, 0) is 0 Å². The van der Waals surface area contributed by atoms with Crippen LogP contribution in [0.2, 0.25) is 0 Å². The Morgan fingerprint density at radius 3 is 2.36 bits per heavy atom. The van der Waals surface area contributed by atoms with E-state index in [0.717, 1.165) is 11.3 Å². The fourth-order valence-electron chi connectivity index (χ4n) is 4.97. The molecule has 2 bridgehead atoms. The summed E-state index contributed by atoms with van der Waals surface area (Å²) in [5.74, 6) is 5.70. The van der Waals surface area contributed by atoms with Gasteiger partial charge in [0, 0.05) is 0 Å². The number of aliphatic hydroxyl groups is 2. The Bertz CT molecular complexity index is 1770. The first kappa shape index (κ1) is 32.4. The number of aliphatic hydroxyl groups excluding tert-OH is 2. The summed E-state index contributed by atoms with van der Waals surface area (Å²) in [6, 6.07) is 0. The molecule has 3 fully saturated rings. The standard InChI is InChI=1S/C19H27N11O11P2S2/c20-7-13(21)24-3-25-14(7)30(23)17-10(32)11-6(39-17)2-37-43(35,45)41-12-9(31)5(1-36-42(34,44)40-11)38-18(12)29-4-26-8-15(29)27-19(22)28-16(8)33/h3-6,9-12,17-18,31-32H,1-2,20,23H2,(H,34,44)(H,35,45)(H2,21,24,25)(H3,22,27,28,33). The molecule has 0 aliphatic carbocycles. The number of hydrazine groups is 1. The Hall–Kier alpha value is -2.57. The number of ether oxygens (including phenoxy) is 2. The van der Waals surface area contributed by atoms with E-state index in [1.807, 2.05) is 0 Å². The lowest BCUT2D eigenvalue weighted by Gasteiger charge is -2.28. The van der Waals surface area contributed by atoms with Gasteiger partial charge in [-0.1, -0.05) is 24.5 Å². The van der Waals surface area contributed by atoms with Crippen LogP contribution in [0.15, 0.2) is 17.4 Å². The minimum Gasteiger partial charge on any atom is -0.393 e. The zero-order valence-electron chi connectivity index (χ0n) is 22.5. The van der Waals surface area contributed by atoms with Gasteiger partial charge < -0.3 is 36.9 Å². The highest BCUT2D eigenvalue weighted by Gasteiger charge is 2.53. The summed E-state index contributed by atoms with van der Waals surface area (Å²) < 4.78 is 61.8. The van der Waals surface area contributed by atoms with E-state index in [4.69, 9.17) is 50.6 Å². The third-order valence-corrected chi connectivity index (χ3v) is 10.3. The van der Waals surface area contributed by atoms with Crippen molar-refractivity contribution in [1.29, 1.82) is 0 Å². The largest absolute Gasteiger partial charge is 0.393 e. The average Bonchev–Trinajstić information content (AvgIpc) is 3.61. The van der Waals surface area contributed by atoms with E-state index in [0.29, 0.717) is 0 Å². The van der Waals surface area contributed by atoms with Crippen LogP contribution in [-0.4, -0.2) is 95.8 Å². The number of hydrogen-bond donors (Lipinski definition) is 9. The fraction of sp³-hybridized carbons (Fsp3) is 0.526. The quantitative estimate of drug-likeness (QED) is 0.0631. The van der Waals surface area contributed by atoms with Gasteiger partial charge in [0.25, 0.3) is 5.56 Å². The van der Waals surface area contributed by atoms with Crippen LogP contribution in [-0.2, 0) is 36.7 Å². The van der Waals surface area contributed by atoms with Gasteiger partial charge in [-0.3, -0.25) is 37.4 Å². The van der Waals surface area contributed by atoms with E-state index in [9.17, 15) is 24.1 Å². The molecule has 3 aliphatic rings. The van der Waals surface area contributed by atoms with Crippen LogP contribution in [0.3, 0.4) is 0 Å². The van der Waals surface area contributed by atoms with Crippen LogP contribution in [0.25, 0.3) is 11.2 Å². The van der Waals surface area contributed by atoms with Crippen molar-refractivity contribution in [3.05, 3.63) is 23.0 Å². The highest BCUT2D eigenvalue weighted by molar-refractivity contribution is 8.44. The number of H-pyrrole nitrogens is 1. The predicted octanol–water partition coefficient (Wildman–Crippen LogP) is -1.73. The van der Waals surface area contributed by atoms with Crippen molar-refractivity contribution in [2.24, 2.45) is 5.84 Å². The third-order valence-electron chi connectivity index (χ3n) is 7.07. The number of thiol groups is 2. The van der Waals surface area contributed by atoms with Crippen molar-refractivity contribution >= 4 is 72.5 Å². The maximum atomic E-state index is 13.5. The Labute approximate surface area is 262 Å². The van der Waals surface area contributed by atoms with Gasteiger partial charge in [-0.2, -0.15) is 4.98 Å². The molecule has 0 aromatic carbocycles. The minimum absolute atomic E-state index is 0.0532. The topological polar surface area (TPSA) is 327 Å². The lowest BCUT2D eigenvalue weighted by Crippen LogP contribution is -2.49. The van der Waals surface area contributed by atoms with Crippen LogP contribution in [0.1, 0.15) is 6.23 Å². The number of aromatic amines is 1. The summed E-state index contributed by atoms with van der Waals surface area (Å²) >= 11 is 8.05. The molecule has 0 spiro atoms. The lowest BCUT2D eigenvalue weighted by atomic mass is 10.1. The second kappa shape index (κ2) is 11.9. The Kier molecular flexibility index (Phi) is 8.56. The van der Waals surface area contributed by atoms with Crippen LogP contribution in [0.4, 0.5) is 23.3 Å². The molecule has 22 nitrogen and oxygen atoms in total. The van der Waals surface area contributed by atoms with E-state index in [1.165, 1.54) is 10.9 Å². The summed E-state index contributed by atoms with van der Waals surface area (Å²) in [7, 11) is 0. The number of imidazole rings is 1. The molecule has 6 rings (SSSR count). The summed E-state index contributed by atoms with van der Waals surface area (Å²) in [5, 5.41) is 23.1. The van der Waals surface area contributed by atoms with Gasteiger partial charge in [0.2, 0.25) is 5.95 Å². The Morgan fingerprint density at radius 2 is 1.64 bits per heavy atom. The maximum absolute atomic E-state index is 13.5. The number of nitrogens with two attached hydrogens (primary N) is 4. The number of fused-ring (bicyclic) bond motifs is 4. The van der Waals surface area contributed by atoms with Crippen LogP contribution in [0.5, 0.6) is 0 Å². The molecule has 3 saturated heterocycles. The smallest absolute Gasteiger partial charge is 0.386 e. The SMILES string of the molecule is Nc1nc2c(ncn2C2OC3COP(=O)(S)OC4C(COP(=O)(S)OC2C3O)OC(N(N)c2ncnc(N)c2N)C4O)c(=O)[nH]1. The fourth-order valence-corrected chi connectivity index (χ4v) is 7.92. The molecule has 3 aromatic heterocycles. The van der Waals surface area contributed by atoms with Crippen molar-refractivity contribution in [2.75, 3.05) is 35.4 Å². The molecule has 3 aromatic rings. The maximum Gasteiger partial charge on any atom is 0.386 e. The number of aromatic nitrogens is 6. The van der Waals surface area contributed by atoms with Crippen LogP contribution < -0.4 is 33.6 Å². The molecule has 0 saturated carbocycles. The minimum atomic E-state index is -4.41. The highest BCUT2D eigenvalue weighted by atomic mass is 32.7. The first-order valence-electron chi connectivity index (χ1n) is 12.8. The zero-order chi connectivity index (χ0) is 32.4. The number of hydrogen-bond acceptors (Lipinski definition) is 20. The normalized spacial score (nSPS) is 37.4. The van der Waals surface area contributed by atoms with E-state index < -0.39 is 81.4 Å². The average molecular weight is 712 g/mol. The van der Waals surface area contributed by atoms with E-state index in [1.54, 1.807) is 0 Å². The van der Waals surface area contributed by atoms with Crippen molar-refractivity contribution < 1.29 is 46.9 Å². The lowest BCUT2D eigenvalue weighted by molar-refractivity contribution is -0.0532. The second-order valence-corrected chi connectivity index (χ2v) is 15.7. The van der Waals surface area contributed by atoms with Crippen LogP contribution in [0, 0.1) is 0 Å². The summed E-state index contributed by atoms with van der Waals surface area (Å²) in [6.07, 6.45) is -9.51. The number of rotatable bonds is 3. The second-order valence-electron chi connectivity index (χ2n) is 9.96. The molecule has 11 N–H and O–H groups in total. The van der Waals surface area contributed by atoms with E-state index in [2.05, 4.69) is 49.4 Å². The molecule has 10 unspecified atom stereocenters. The van der Waals surface area contributed by atoms with E-state index in [-0.39, 0.29) is 34.4 Å².